The third-order valence-corrected chi connectivity index (χ3v) is 4.63. The number of nitrogens with zero attached hydrogens (tertiary/aromatic N) is 5. The van der Waals surface area contributed by atoms with Crippen molar-refractivity contribution in [2.75, 3.05) is 10.7 Å². The van der Waals surface area contributed by atoms with Crippen molar-refractivity contribution in [2.24, 2.45) is 5.10 Å². The fourth-order valence-electron chi connectivity index (χ4n) is 2.98. The lowest BCUT2D eigenvalue weighted by Crippen LogP contribution is -2.03. The van der Waals surface area contributed by atoms with E-state index in [1.165, 1.54) is 30.5 Å². The molecule has 11 nitrogen and oxygen atoms in total. The van der Waals surface area contributed by atoms with Crippen molar-refractivity contribution in [2.45, 2.75) is 0 Å². The van der Waals surface area contributed by atoms with Crippen LogP contribution in [0.4, 0.5) is 21.7 Å². The standard InChI is InChI=1S/C22H14FN7O4/c23-14-5-7-15(8-6-14)25-18-19(27-21-20(26-18)29-34-30-21)28-24-11-16-9-10-17(33-16)12-1-3-13(4-2-12)22(31)32/h1-11H,(H,31,32)(H,25,26,29)(H,27,28,30)/b24-11+. The zero-order chi connectivity index (χ0) is 23.5. The number of carbonyl (C=O) groups is 1. The second kappa shape index (κ2) is 8.78. The molecule has 0 bridgehead atoms. The molecule has 168 valence electrons. The number of rotatable bonds is 7. The number of hydrogen-bond donors (Lipinski definition) is 3. The molecule has 3 heterocycles. The van der Waals surface area contributed by atoms with Crippen LogP contribution in [0.5, 0.6) is 0 Å². The van der Waals surface area contributed by atoms with Crippen molar-refractivity contribution in [1.29, 1.82) is 0 Å². The Morgan fingerprint density at radius 2 is 1.65 bits per heavy atom. The summed E-state index contributed by atoms with van der Waals surface area (Å²) in [5, 5.41) is 23.5. The van der Waals surface area contributed by atoms with Gasteiger partial charge in [0.1, 0.15) is 17.3 Å². The molecule has 0 atom stereocenters. The summed E-state index contributed by atoms with van der Waals surface area (Å²) in [5.41, 5.74) is 4.61. The van der Waals surface area contributed by atoms with E-state index in [4.69, 9.17) is 9.52 Å². The van der Waals surface area contributed by atoms with Crippen molar-refractivity contribution in [3.05, 3.63) is 77.8 Å². The molecule has 0 aliphatic rings. The summed E-state index contributed by atoms with van der Waals surface area (Å²) in [7, 11) is 0. The minimum absolute atomic E-state index is 0.174. The molecular formula is C22H14FN7O4. The Morgan fingerprint density at radius 1 is 0.941 bits per heavy atom. The first-order chi connectivity index (χ1) is 16.5. The maximum absolute atomic E-state index is 13.2. The van der Waals surface area contributed by atoms with Crippen LogP contribution in [0.15, 0.2) is 74.8 Å². The molecule has 3 aromatic heterocycles. The Balaban J connectivity index is 1.35. The molecule has 0 aliphatic heterocycles. The largest absolute Gasteiger partial charge is 0.478 e. The highest BCUT2D eigenvalue weighted by molar-refractivity contribution is 5.88. The Kier molecular flexibility index (Phi) is 5.36. The Labute approximate surface area is 189 Å². The molecule has 0 saturated carbocycles. The van der Waals surface area contributed by atoms with Gasteiger partial charge in [0.05, 0.1) is 11.8 Å². The predicted octanol–water partition coefficient (Wildman–Crippen LogP) is 4.30. The van der Waals surface area contributed by atoms with E-state index in [9.17, 15) is 9.18 Å². The number of carboxylic acids is 1. The third-order valence-electron chi connectivity index (χ3n) is 4.63. The van der Waals surface area contributed by atoms with Gasteiger partial charge >= 0.3 is 5.97 Å². The van der Waals surface area contributed by atoms with Gasteiger partial charge in [-0.1, -0.05) is 12.1 Å². The molecule has 5 aromatic rings. The first kappa shape index (κ1) is 20.8. The minimum atomic E-state index is -0.999. The molecule has 0 fully saturated rings. The van der Waals surface area contributed by atoms with Gasteiger partial charge < -0.3 is 14.8 Å². The zero-order valence-corrected chi connectivity index (χ0v) is 17.1. The van der Waals surface area contributed by atoms with E-state index >= 15 is 0 Å². The maximum atomic E-state index is 13.2. The number of aromatic carboxylic acids is 1. The van der Waals surface area contributed by atoms with Crippen LogP contribution in [0.1, 0.15) is 16.1 Å². The molecule has 0 aliphatic carbocycles. The second-order valence-corrected chi connectivity index (χ2v) is 6.92. The average Bonchev–Trinajstić information content (AvgIpc) is 3.50. The summed E-state index contributed by atoms with van der Waals surface area (Å²) in [4.78, 5) is 19.6. The number of aromatic nitrogens is 4. The molecule has 34 heavy (non-hydrogen) atoms. The summed E-state index contributed by atoms with van der Waals surface area (Å²) in [6, 6.07) is 15.5. The Hall–Kier alpha value is -5.13. The first-order valence-corrected chi connectivity index (χ1v) is 9.81. The van der Waals surface area contributed by atoms with Gasteiger partial charge in [0, 0.05) is 11.3 Å². The number of anilines is 3. The lowest BCUT2D eigenvalue weighted by molar-refractivity contribution is 0.0697. The Bertz CT molecular complexity index is 1490. The third kappa shape index (κ3) is 4.41. The molecule has 0 spiro atoms. The van der Waals surface area contributed by atoms with Gasteiger partial charge in [-0.2, -0.15) is 10.1 Å². The SMILES string of the molecule is O=C(O)c1ccc(-c2ccc(/C=N/Nc3nc4nonc4nc3Nc3ccc(F)cc3)o2)cc1. The number of carboxylic acid groups (broad SMARTS) is 1. The van der Waals surface area contributed by atoms with Crippen LogP contribution in [0.3, 0.4) is 0 Å². The summed E-state index contributed by atoms with van der Waals surface area (Å²) in [5.74, 6) is 0.111. The quantitative estimate of drug-likeness (QED) is 0.237. The van der Waals surface area contributed by atoms with Gasteiger partial charge in [-0.05, 0) is 58.8 Å². The lowest BCUT2D eigenvalue weighted by Gasteiger charge is -2.09. The van der Waals surface area contributed by atoms with Gasteiger partial charge in [0.15, 0.2) is 11.6 Å². The van der Waals surface area contributed by atoms with Crippen LogP contribution < -0.4 is 10.7 Å². The van der Waals surface area contributed by atoms with E-state index in [1.807, 2.05) is 0 Å². The number of benzene rings is 2. The fourth-order valence-corrected chi connectivity index (χ4v) is 2.98. The van der Waals surface area contributed by atoms with Crippen molar-refractivity contribution in [1.82, 2.24) is 20.3 Å². The van der Waals surface area contributed by atoms with Crippen LogP contribution in [0, 0.1) is 5.82 Å². The topological polar surface area (TPSA) is 152 Å². The van der Waals surface area contributed by atoms with Crippen LogP contribution in [0.25, 0.3) is 22.6 Å². The number of hydrogen-bond acceptors (Lipinski definition) is 10. The zero-order valence-electron chi connectivity index (χ0n) is 17.1. The van der Waals surface area contributed by atoms with Gasteiger partial charge in [0.2, 0.25) is 11.3 Å². The molecule has 3 N–H and O–H groups in total. The van der Waals surface area contributed by atoms with Gasteiger partial charge in [-0.15, -0.1) is 0 Å². The predicted molar refractivity (Wildman–Crippen MR) is 119 cm³/mol. The highest BCUT2D eigenvalue weighted by atomic mass is 19.1. The molecule has 0 radical (unpaired) electrons. The van der Waals surface area contributed by atoms with Gasteiger partial charge in [0.25, 0.3) is 0 Å². The molecule has 0 amide bonds. The van der Waals surface area contributed by atoms with Crippen molar-refractivity contribution in [3.63, 3.8) is 0 Å². The normalized spacial score (nSPS) is 11.2. The number of halogens is 1. The van der Waals surface area contributed by atoms with E-state index in [1.54, 1.807) is 36.4 Å². The molecule has 0 unspecified atom stereocenters. The number of nitrogens with one attached hydrogen (secondary N) is 2. The van der Waals surface area contributed by atoms with Crippen molar-refractivity contribution < 1.29 is 23.3 Å². The van der Waals surface area contributed by atoms with E-state index < -0.39 is 5.97 Å². The average molecular weight is 459 g/mol. The monoisotopic (exact) mass is 459 g/mol. The summed E-state index contributed by atoms with van der Waals surface area (Å²) in [6.07, 6.45) is 1.43. The maximum Gasteiger partial charge on any atom is 0.335 e. The van der Waals surface area contributed by atoms with E-state index in [0.29, 0.717) is 17.2 Å². The van der Waals surface area contributed by atoms with Crippen LogP contribution in [-0.4, -0.2) is 37.6 Å². The van der Waals surface area contributed by atoms with Crippen LogP contribution in [0.2, 0.25) is 0 Å². The first-order valence-electron chi connectivity index (χ1n) is 9.81. The van der Waals surface area contributed by atoms with E-state index in [2.05, 4.69) is 40.8 Å². The molecular weight excluding hydrogens is 445 g/mol. The second-order valence-electron chi connectivity index (χ2n) is 6.92. The smallest absolute Gasteiger partial charge is 0.335 e. The van der Waals surface area contributed by atoms with Gasteiger partial charge in [-0.3, -0.25) is 5.43 Å². The lowest BCUT2D eigenvalue weighted by atomic mass is 10.1. The van der Waals surface area contributed by atoms with Crippen molar-refractivity contribution >= 4 is 40.8 Å². The van der Waals surface area contributed by atoms with Crippen LogP contribution >= 0.6 is 0 Å². The highest BCUT2D eigenvalue weighted by Crippen LogP contribution is 2.25. The highest BCUT2D eigenvalue weighted by Gasteiger charge is 2.13. The number of fused-ring (bicyclic) bond motifs is 1. The molecule has 2 aromatic carbocycles. The van der Waals surface area contributed by atoms with Crippen LogP contribution in [-0.2, 0) is 0 Å². The summed E-state index contributed by atoms with van der Waals surface area (Å²) >= 11 is 0. The van der Waals surface area contributed by atoms with E-state index in [-0.39, 0.29) is 34.3 Å². The summed E-state index contributed by atoms with van der Waals surface area (Å²) in [6.45, 7) is 0. The fraction of sp³-hybridized carbons (Fsp3) is 0. The number of furan rings is 1. The summed E-state index contributed by atoms with van der Waals surface area (Å²) < 4.78 is 23.6. The number of hydrazone groups is 1. The Morgan fingerprint density at radius 3 is 2.35 bits per heavy atom. The molecule has 5 rings (SSSR count). The van der Waals surface area contributed by atoms with Gasteiger partial charge in [-0.25, -0.2) is 18.8 Å². The van der Waals surface area contributed by atoms with Crippen molar-refractivity contribution in [3.8, 4) is 11.3 Å². The van der Waals surface area contributed by atoms with E-state index in [0.717, 1.165) is 5.56 Å². The molecule has 0 saturated heterocycles. The molecule has 12 heteroatoms. The minimum Gasteiger partial charge on any atom is -0.478 e.